The van der Waals surface area contributed by atoms with Crippen molar-refractivity contribution in [3.8, 4) is 0 Å². The highest BCUT2D eigenvalue weighted by atomic mass is 16.2. The van der Waals surface area contributed by atoms with E-state index < -0.39 is 0 Å². The van der Waals surface area contributed by atoms with Gasteiger partial charge in [0.2, 0.25) is 0 Å². The summed E-state index contributed by atoms with van der Waals surface area (Å²) in [5, 5.41) is 2.97. The monoisotopic (exact) mass is 184 g/mol. The van der Waals surface area contributed by atoms with E-state index in [4.69, 9.17) is 0 Å². The van der Waals surface area contributed by atoms with Crippen LogP contribution in [0.1, 0.15) is 33.6 Å². The van der Waals surface area contributed by atoms with Gasteiger partial charge in [0, 0.05) is 19.6 Å². The highest BCUT2D eigenvalue weighted by molar-refractivity contribution is 5.74. The lowest BCUT2D eigenvalue weighted by Gasteiger charge is -2.20. The Hall–Kier alpha value is -0.730. The lowest BCUT2D eigenvalue weighted by Crippen LogP contribution is -2.41. The number of rotatable bonds is 4. The van der Waals surface area contributed by atoms with Crippen molar-refractivity contribution in [1.82, 2.24) is 10.2 Å². The van der Waals surface area contributed by atoms with Gasteiger partial charge in [-0.15, -0.1) is 0 Å². The van der Waals surface area contributed by atoms with Crippen LogP contribution >= 0.6 is 0 Å². The fraction of sp³-hybridized carbons (Fsp3) is 0.900. The molecule has 0 aromatic heterocycles. The zero-order chi connectivity index (χ0) is 9.90. The highest BCUT2D eigenvalue weighted by Crippen LogP contribution is 2.43. The molecule has 0 bridgehead atoms. The second-order valence-corrected chi connectivity index (χ2v) is 4.14. The van der Waals surface area contributed by atoms with E-state index in [-0.39, 0.29) is 6.03 Å². The SMILES string of the molecule is CCN(CC)C(=O)NCC1(C)CC1. The fourth-order valence-corrected chi connectivity index (χ4v) is 1.30. The van der Waals surface area contributed by atoms with Gasteiger partial charge >= 0.3 is 6.03 Å². The first kappa shape index (κ1) is 10.4. The van der Waals surface area contributed by atoms with Crippen LogP contribution in [0, 0.1) is 5.41 Å². The average molecular weight is 184 g/mol. The Bertz CT molecular complexity index is 183. The summed E-state index contributed by atoms with van der Waals surface area (Å²) < 4.78 is 0. The quantitative estimate of drug-likeness (QED) is 0.710. The second kappa shape index (κ2) is 3.99. The summed E-state index contributed by atoms with van der Waals surface area (Å²) >= 11 is 0. The van der Waals surface area contributed by atoms with Crippen molar-refractivity contribution in [1.29, 1.82) is 0 Å². The van der Waals surface area contributed by atoms with Crippen molar-refractivity contribution in [3.63, 3.8) is 0 Å². The maximum atomic E-state index is 11.5. The molecule has 0 heterocycles. The van der Waals surface area contributed by atoms with Crippen molar-refractivity contribution >= 4 is 6.03 Å². The van der Waals surface area contributed by atoms with E-state index in [2.05, 4.69) is 12.2 Å². The predicted molar refractivity (Wildman–Crippen MR) is 53.7 cm³/mol. The van der Waals surface area contributed by atoms with Crippen LogP contribution in [0.3, 0.4) is 0 Å². The molecule has 0 aromatic carbocycles. The minimum Gasteiger partial charge on any atom is -0.337 e. The molecule has 3 heteroatoms. The lowest BCUT2D eigenvalue weighted by atomic mass is 10.1. The summed E-state index contributed by atoms with van der Waals surface area (Å²) in [6, 6.07) is 0.0816. The maximum absolute atomic E-state index is 11.5. The molecule has 1 N–H and O–H groups in total. The Morgan fingerprint density at radius 2 is 1.92 bits per heavy atom. The van der Waals surface area contributed by atoms with Crippen molar-refractivity contribution < 1.29 is 4.79 Å². The van der Waals surface area contributed by atoms with Crippen LogP contribution in [0.15, 0.2) is 0 Å². The summed E-state index contributed by atoms with van der Waals surface area (Å²) in [4.78, 5) is 13.3. The molecule has 0 radical (unpaired) electrons. The fourth-order valence-electron chi connectivity index (χ4n) is 1.30. The number of amides is 2. The number of hydrogen-bond donors (Lipinski definition) is 1. The molecule has 0 unspecified atom stereocenters. The molecule has 0 spiro atoms. The van der Waals surface area contributed by atoms with E-state index in [1.807, 2.05) is 18.7 Å². The molecule has 0 aliphatic heterocycles. The van der Waals surface area contributed by atoms with Gasteiger partial charge in [0.15, 0.2) is 0 Å². The van der Waals surface area contributed by atoms with Crippen LogP contribution in [-0.2, 0) is 0 Å². The molecule has 0 atom stereocenters. The van der Waals surface area contributed by atoms with E-state index >= 15 is 0 Å². The van der Waals surface area contributed by atoms with E-state index in [1.165, 1.54) is 12.8 Å². The Kier molecular flexibility index (Phi) is 3.17. The number of nitrogens with zero attached hydrogens (tertiary/aromatic N) is 1. The van der Waals surface area contributed by atoms with Gasteiger partial charge < -0.3 is 10.2 Å². The van der Waals surface area contributed by atoms with Crippen molar-refractivity contribution in [2.75, 3.05) is 19.6 Å². The average Bonchev–Trinajstić information content (AvgIpc) is 2.84. The van der Waals surface area contributed by atoms with E-state index in [1.54, 1.807) is 0 Å². The summed E-state index contributed by atoms with van der Waals surface area (Å²) in [7, 11) is 0. The van der Waals surface area contributed by atoms with E-state index in [9.17, 15) is 4.79 Å². The zero-order valence-electron chi connectivity index (χ0n) is 8.89. The van der Waals surface area contributed by atoms with Gasteiger partial charge in [-0.25, -0.2) is 4.79 Å². The number of nitrogens with one attached hydrogen (secondary N) is 1. The Morgan fingerprint density at radius 1 is 1.38 bits per heavy atom. The van der Waals surface area contributed by atoms with E-state index in [0.29, 0.717) is 5.41 Å². The third-order valence-corrected chi connectivity index (χ3v) is 2.82. The molecule has 1 saturated carbocycles. The molecule has 13 heavy (non-hydrogen) atoms. The van der Waals surface area contributed by atoms with Gasteiger partial charge in [-0.3, -0.25) is 0 Å². The number of carbonyl (C=O) groups excluding carboxylic acids is 1. The summed E-state index contributed by atoms with van der Waals surface area (Å²) in [5.74, 6) is 0. The third kappa shape index (κ3) is 2.90. The molecule has 1 rings (SSSR count). The van der Waals surface area contributed by atoms with Crippen LogP contribution in [0.5, 0.6) is 0 Å². The maximum Gasteiger partial charge on any atom is 0.317 e. The second-order valence-electron chi connectivity index (χ2n) is 4.14. The van der Waals surface area contributed by atoms with Crippen molar-refractivity contribution in [2.45, 2.75) is 33.6 Å². The zero-order valence-corrected chi connectivity index (χ0v) is 8.89. The topological polar surface area (TPSA) is 32.3 Å². The first-order valence-electron chi connectivity index (χ1n) is 5.14. The first-order valence-corrected chi connectivity index (χ1v) is 5.14. The van der Waals surface area contributed by atoms with Gasteiger partial charge in [0.05, 0.1) is 0 Å². The summed E-state index contributed by atoms with van der Waals surface area (Å²) in [5.41, 5.74) is 0.406. The Balaban J connectivity index is 2.23. The molecule has 3 nitrogen and oxygen atoms in total. The minimum absolute atomic E-state index is 0.0816. The van der Waals surface area contributed by atoms with Crippen LogP contribution in [0.25, 0.3) is 0 Å². The molecule has 0 aromatic rings. The molecular formula is C10H20N2O. The predicted octanol–water partition coefficient (Wildman–Crippen LogP) is 1.84. The van der Waals surface area contributed by atoms with Gasteiger partial charge in [0.25, 0.3) is 0 Å². The van der Waals surface area contributed by atoms with Gasteiger partial charge in [0.1, 0.15) is 0 Å². The van der Waals surface area contributed by atoms with E-state index in [0.717, 1.165) is 19.6 Å². The first-order chi connectivity index (χ1) is 6.11. The minimum atomic E-state index is 0.0816. The van der Waals surface area contributed by atoms with Crippen LogP contribution in [0.4, 0.5) is 4.79 Å². The van der Waals surface area contributed by atoms with Crippen molar-refractivity contribution in [2.24, 2.45) is 5.41 Å². The molecule has 1 aliphatic carbocycles. The van der Waals surface area contributed by atoms with Crippen LogP contribution in [-0.4, -0.2) is 30.6 Å². The molecule has 0 saturated heterocycles. The van der Waals surface area contributed by atoms with Gasteiger partial charge in [-0.05, 0) is 32.1 Å². The van der Waals surface area contributed by atoms with Gasteiger partial charge in [-0.1, -0.05) is 6.92 Å². The van der Waals surface area contributed by atoms with Crippen LogP contribution < -0.4 is 5.32 Å². The third-order valence-electron chi connectivity index (χ3n) is 2.82. The highest BCUT2D eigenvalue weighted by Gasteiger charge is 2.37. The normalized spacial score (nSPS) is 18.1. The smallest absolute Gasteiger partial charge is 0.317 e. The Labute approximate surface area is 80.5 Å². The van der Waals surface area contributed by atoms with Crippen molar-refractivity contribution in [3.05, 3.63) is 0 Å². The Morgan fingerprint density at radius 3 is 2.31 bits per heavy atom. The molecule has 2 amide bonds. The summed E-state index contributed by atoms with van der Waals surface area (Å²) in [6.45, 7) is 8.64. The number of hydrogen-bond acceptors (Lipinski definition) is 1. The summed E-state index contributed by atoms with van der Waals surface area (Å²) in [6.07, 6.45) is 2.51. The molecule has 1 aliphatic rings. The standard InChI is InChI=1S/C10H20N2O/c1-4-12(5-2)9(13)11-8-10(3)6-7-10/h4-8H2,1-3H3,(H,11,13). The number of urea groups is 1. The molecular weight excluding hydrogens is 164 g/mol. The van der Waals surface area contributed by atoms with Gasteiger partial charge in [-0.2, -0.15) is 0 Å². The number of carbonyl (C=O) groups is 1. The largest absolute Gasteiger partial charge is 0.337 e. The van der Waals surface area contributed by atoms with Crippen LogP contribution in [0.2, 0.25) is 0 Å². The molecule has 76 valence electrons. The lowest BCUT2D eigenvalue weighted by molar-refractivity contribution is 0.201. The molecule has 1 fully saturated rings.